The molecule has 2 rings (SSSR count). The summed E-state index contributed by atoms with van der Waals surface area (Å²) in [6.07, 6.45) is 0.838. The molecule has 1 unspecified atom stereocenters. The van der Waals surface area contributed by atoms with E-state index in [0.717, 1.165) is 6.42 Å². The van der Waals surface area contributed by atoms with Crippen LogP contribution in [0.4, 0.5) is 0 Å². The first kappa shape index (κ1) is 17.4. The molecule has 0 aromatic heterocycles. The molecule has 0 spiro atoms. The summed E-state index contributed by atoms with van der Waals surface area (Å²) < 4.78 is 23.8. The fraction of sp³-hybridized carbons (Fsp3) is 0.500. The van der Waals surface area contributed by atoms with Crippen molar-refractivity contribution in [1.29, 1.82) is 0 Å². The SMILES string of the molecule is Cc1c(C(=O)N2CCC(C)(CN)C2)cc(Br)cc1S(N)(=O)=O. The van der Waals surface area contributed by atoms with Crippen LogP contribution in [0.1, 0.15) is 29.3 Å². The first-order chi connectivity index (χ1) is 10.1. The molecule has 8 heteroatoms. The van der Waals surface area contributed by atoms with Crippen LogP contribution in [0.3, 0.4) is 0 Å². The zero-order chi connectivity index (χ0) is 16.7. The molecule has 1 saturated heterocycles. The van der Waals surface area contributed by atoms with Crippen molar-refractivity contribution in [2.24, 2.45) is 16.3 Å². The average Bonchev–Trinajstić information content (AvgIpc) is 2.82. The number of carbonyl (C=O) groups is 1. The number of nitrogens with zero attached hydrogens (tertiary/aromatic N) is 1. The molecule has 1 aromatic rings. The van der Waals surface area contributed by atoms with E-state index in [1.54, 1.807) is 17.9 Å². The van der Waals surface area contributed by atoms with Gasteiger partial charge in [-0.2, -0.15) is 0 Å². The number of hydrogen-bond donors (Lipinski definition) is 2. The van der Waals surface area contributed by atoms with Crippen LogP contribution in [0.25, 0.3) is 0 Å². The minimum Gasteiger partial charge on any atom is -0.338 e. The number of sulfonamides is 1. The van der Waals surface area contributed by atoms with E-state index in [1.807, 2.05) is 6.92 Å². The van der Waals surface area contributed by atoms with Crippen molar-refractivity contribution in [1.82, 2.24) is 4.90 Å². The molecule has 1 aliphatic heterocycles. The van der Waals surface area contributed by atoms with Gasteiger partial charge in [0.1, 0.15) is 0 Å². The van der Waals surface area contributed by atoms with Crippen molar-refractivity contribution < 1.29 is 13.2 Å². The van der Waals surface area contributed by atoms with Crippen molar-refractivity contribution in [3.63, 3.8) is 0 Å². The smallest absolute Gasteiger partial charge is 0.254 e. The van der Waals surface area contributed by atoms with Gasteiger partial charge in [-0.1, -0.05) is 22.9 Å². The molecule has 1 aliphatic rings. The Balaban J connectivity index is 2.42. The zero-order valence-electron chi connectivity index (χ0n) is 12.6. The normalized spacial score (nSPS) is 22.1. The van der Waals surface area contributed by atoms with Gasteiger partial charge in [0, 0.05) is 23.1 Å². The molecule has 4 N–H and O–H groups in total. The number of nitrogens with two attached hydrogens (primary N) is 2. The Kier molecular flexibility index (Phi) is 4.68. The third-order valence-electron chi connectivity index (χ3n) is 4.20. The number of primary sulfonamides is 1. The number of hydrogen-bond acceptors (Lipinski definition) is 4. The lowest BCUT2D eigenvalue weighted by Crippen LogP contribution is -2.35. The molecule has 0 bridgehead atoms. The number of halogens is 1. The minimum absolute atomic E-state index is 0.0361. The van der Waals surface area contributed by atoms with Crippen molar-refractivity contribution in [3.8, 4) is 0 Å². The molecule has 6 nitrogen and oxygen atoms in total. The summed E-state index contributed by atoms with van der Waals surface area (Å²) in [6, 6.07) is 3.04. The van der Waals surface area contributed by atoms with Gasteiger partial charge in [-0.25, -0.2) is 13.6 Å². The molecular formula is C14H20BrN3O3S. The molecule has 0 saturated carbocycles. The Labute approximate surface area is 139 Å². The van der Waals surface area contributed by atoms with E-state index >= 15 is 0 Å². The predicted octanol–water partition coefficient (Wildman–Crippen LogP) is 1.22. The fourth-order valence-electron chi connectivity index (χ4n) is 2.71. The second-order valence-electron chi connectivity index (χ2n) is 6.11. The molecule has 1 amide bonds. The first-order valence-electron chi connectivity index (χ1n) is 6.90. The van der Waals surface area contributed by atoms with E-state index in [9.17, 15) is 13.2 Å². The van der Waals surface area contributed by atoms with E-state index in [-0.39, 0.29) is 16.2 Å². The van der Waals surface area contributed by atoms with E-state index in [0.29, 0.717) is 35.2 Å². The maximum atomic E-state index is 12.7. The maximum absolute atomic E-state index is 12.7. The highest BCUT2D eigenvalue weighted by Crippen LogP contribution is 2.31. The number of benzene rings is 1. The Morgan fingerprint density at radius 2 is 2.09 bits per heavy atom. The third kappa shape index (κ3) is 3.34. The molecule has 0 aliphatic carbocycles. The summed E-state index contributed by atoms with van der Waals surface area (Å²) in [7, 11) is -3.88. The number of likely N-dealkylation sites (tertiary alicyclic amines) is 1. The summed E-state index contributed by atoms with van der Waals surface area (Å²) in [5.41, 5.74) is 6.40. The lowest BCUT2D eigenvalue weighted by molar-refractivity contribution is 0.0776. The van der Waals surface area contributed by atoms with Gasteiger partial charge in [-0.15, -0.1) is 0 Å². The van der Waals surface area contributed by atoms with Crippen LogP contribution < -0.4 is 10.9 Å². The molecule has 1 atom stereocenters. The van der Waals surface area contributed by atoms with Crippen LogP contribution in [-0.4, -0.2) is 38.9 Å². The van der Waals surface area contributed by atoms with E-state index < -0.39 is 10.0 Å². The molecule has 1 aromatic carbocycles. The molecule has 1 heterocycles. The summed E-state index contributed by atoms with van der Waals surface area (Å²) in [4.78, 5) is 14.4. The minimum atomic E-state index is -3.88. The summed E-state index contributed by atoms with van der Waals surface area (Å²) in [5.74, 6) is -0.194. The Morgan fingerprint density at radius 3 is 2.59 bits per heavy atom. The van der Waals surface area contributed by atoms with Gasteiger partial charge < -0.3 is 10.6 Å². The predicted molar refractivity (Wildman–Crippen MR) is 87.9 cm³/mol. The highest BCUT2D eigenvalue weighted by molar-refractivity contribution is 9.10. The second-order valence-corrected chi connectivity index (χ2v) is 8.56. The van der Waals surface area contributed by atoms with Crippen molar-refractivity contribution in [2.45, 2.75) is 25.2 Å². The zero-order valence-corrected chi connectivity index (χ0v) is 15.0. The number of rotatable bonds is 3. The van der Waals surface area contributed by atoms with E-state index in [4.69, 9.17) is 10.9 Å². The van der Waals surface area contributed by atoms with Gasteiger partial charge in [0.15, 0.2) is 0 Å². The topological polar surface area (TPSA) is 106 Å². The van der Waals surface area contributed by atoms with Crippen LogP contribution in [0.2, 0.25) is 0 Å². The lowest BCUT2D eigenvalue weighted by atomic mass is 9.90. The van der Waals surface area contributed by atoms with Gasteiger partial charge in [0.25, 0.3) is 5.91 Å². The monoisotopic (exact) mass is 389 g/mol. The lowest BCUT2D eigenvalue weighted by Gasteiger charge is -2.23. The average molecular weight is 390 g/mol. The summed E-state index contributed by atoms with van der Waals surface area (Å²) in [5, 5.41) is 5.22. The molecule has 1 fully saturated rings. The number of carbonyl (C=O) groups excluding carboxylic acids is 1. The van der Waals surface area contributed by atoms with Gasteiger partial charge in [0.05, 0.1) is 4.90 Å². The standard InChI is InChI=1S/C14H20BrN3O3S/c1-9-11(5-10(15)6-12(9)22(17,20)21)13(19)18-4-3-14(2,7-16)8-18/h5-6H,3-4,7-8,16H2,1-2H3,(H2,17,20,21). The van der Waals surface area contributed by atoms with Gasteiger partial charge in [-0.3, -0.25) is 4.79 Å². The maximum Gasteiger partial charge on any atom is 0.254 e. The molecule has 22 heavy (non-hydrogen) atoms. The van der Waals surface area contributed by atoms with E-state index in [1.165, 1.54) is 6.07 Å². The molecule has 0 radical (unpaired) electrons. The quantitative estimate of drug-likeness (QED) is 0.809. The Bertz CT molecular complexity index is 720. The third-order valence-corrected chi connectivity index (χ3v) is 5.69. The van der Waals surface area contributed by atoms with Crippen molar-refractivity contribution in [3.05, 3.63) is 27.7 Å². The van der Waals surface area contributed by atoms with Crippen LogP contribution in [0.5, 0.6) is 0 Å². The van der Waals surface area contributed by atoms with Gasteiger partial charge >= 0.3 is 0 Å². The van der Waals surface area contributed by atoms with Gasteiger partial charge in [0.2, 0.25) is 10.0 Å². The highest BCUT2D eigenvalue weighted by Gasteiger charge is 2.36. The fourth-order valence-corrected chi connectivity index (χ4v) is 4.14. The van der Waals surface area contributed by atoms with Crippen molar-refractivity contribution in [2.75, 3.05) is 19.6 Å². The second kappa shape index (κ2) is 5.92. The molecule has 122 valence electrons. The summed E-state index contributed by atoms with van der Waals surface area (Å²) in [6.45, 7) is 5.33. The van der Waals surface area contributed by atoms with Crippen LogP contribution in [0, 0.1) is 12.3 Å². The van der Waals surface area contributed by atoms with Crippen LogP contribution in [-0.2, 0) is 10.0 Å². The number of amides is 1. The summed E-state index contributed by atoms with van der Waals surface area (Å²) >= 11 is 3.24. The molecular weight excluding hydrogens is 370 g/mol. The Hall–Kier alpha value is -0.960. The Morgan fingerprint density at radius 1 is 1.45 bits per heavy atom. The largest absolute Gasteiger partial charge is 0.338 e. The highest BCUT2D eigenvalue weighted by atomic mass is 79.9. The van der Waals surface area contributed by atoms with Crippen molar-refractivity contribution >= 4 is 31.9 Å². The van der Waals surface area contributed by atoms with E-state index in [2.05, 4.69) is 15.9 Å². The first-order valence-corrected chi connectivity index (χ1v) is 9.24. The van der Waals surface area contributed by atoms with Crippen LogP contribution in [0.15, 0.2) is 21.5 Å². The van der Waals surface area contributed by atoms with Gasteiger partial charge in [-0.05, 0) is 43.0 Å². The van der Waals surface area contributed by atoms with Crippen LogP contribution >= 0.6 is 15.9 Å².